The smallest absolute Gasteiger partial charge is 0.137 e. The van der Waals surface area contributed by atoms with Crippen LogP contribution >= 0.6 is 11.6 Å². The van der Waals surface area contributed by atoms with E-state index < -0.39 is 18.2 Å². The van der Waals surface area contributed by atoms with Crippen LogP contribution in [-0.2, 0) is 0 Å². The minimum atomic E-state index is -1.37. The number of hydrogen-bond donors (Lipinski definition) is 3. The molecule has 1 aliphatic rings. The number of rotatable bonds is 5. The summed E-state index contributed by atoms with van der Waals surface area (Å²) in [4.78, 5) is 0. The number of hydrogen-bond acceptors (Lipinski definition) is 3. The van der Waals surface area contributed by atoms with E-state index in [1.165, 1.54) is 7.05 Å². The minimum Gasteiger partial charge on any atom is -0.386 e. The van der Waals surface area contributed by atoms with E-state index in [2.05, 4.69) is 5.73 Å². The van der Waals surface area contributed by atoms with E-state index in [4.69, 9.17) is 17.3 Å². The maximum absolute atomic E-state index is 14.9. The first-order chi connectivity index (χ1) is 14.6. The van der Waals surface area contributed by atoms with Crippen LogP contribution in [0.25, 0.3) is 0 Å². The zero-order valence-electron chi connectivity index (χ0n) is 18.4. The predicted molar refractivity (Wildman–Crippen MR) is 127 cm³/mol. The largest absolute Gasteiger partial charge is 0.386 e. The maximum atomic E-state index is 14.9. The molecule has 1 aliphatic carbocycles. The molecule has 5 unspecified atom stereocenters. The van der Waals surface area contributed by atoms with E-state index in [0.29, 0.717) is 11.6 Å². The summed E-state index contributed by atoms with van der Waals surface area (Å²) < 4.78 is 14.9. The van der Waals surface area contributed by atoms with Crippen molar-refractivity contribution in [1.82, 2.24) is 0 Å². The second-order valence-corrected chi connectivity index (χ2v) is 7.30. The van der Waals surface area contributed by atoms with E-state index in [-0.39, 0.29) is 11.8 Å². The van der Waals surface area contributed by atoms with Gasteiger partial charge in [0.1, 0.15) is 12.3 Å². The first-order valence-electron chi connectivity index (χ1n) is 10.7. The third-order valence-electron chi connectivity index (χ3n) is 5.38. The van der Waals surface area contributed by atoms with Gasteiger partial charge >= 0.3 is 0 Å². The van der Waals surface area contributed by atoms with Crippen molar-refractivity contribution < 1.29 is 9.50 Å². The van der Waals surface area contributed by atoms with Crippen LogP contribution in [0.4, 0.5) is 4.39 Å². The Morgan fingerprint density at radius 1 is 1.03 bits per heavy atom. The van der Waals surface area contributed by atoms with Crippen LogP contribution in [0.3, 0.4) is 0 Å². The molecule has 0 saturated carbocycles. The van der Waals surface area contributed by atoms with Crippen LogP contribution in [0.2, 0.25) is 5.02 Å². The van der Waals surface area contributed by atoms with Crippen molar-refractivity contribution in [3.05, 3.63) is 82.4 Å². The molecule has 30 heavy (non-hydrogen) atoms. The summed E-state index contributed by atoms with van der Waals surface area (Å²) in [6.07, 6.45) is 1.78. The van der Waals surface area contributed by atoms with Gasteiger partial charge in [-0.3, -0.25) is 0 Å². The van der Waals surface area contributed by atoms with Crippen LogP contribution in [0.1, 0.15) is 55.7 Å². The number of allylic oxidation sites excluding steroid dienone is 1. The number of halogens is 2. The molecule has 166 valence electrons. The monoisotopic (exact) mass is 434 g/mol. The number of alkyl halides is 1. The fourth-order valence-electron chi connectivity index (χ4n) is 3.91. The quantitative estimate of drug-likeness (QED) is 0.551. The van der Waals surface area contributed by atoms with Crippen molar-refractivity contribution in [3.63, 3.8) is 0 Å². The Bertz CT molecular complexity index is 769. The van der Waals surface area contributed by atoms with E-state index in [1.807, 2.05) is 75.4 Å². The average Bonchev–Trinajstić information content (AvgIpc) is 2.81. The van der Waals surface area contributed by atoms with Crippen LogP contribution < -0.4 is 11.5 Å². The lowest BCUT2D eigenvalue weighted by Gasteiger charge is -2.34. The molecule has 5 atom stereocenters. The lowest BCUT2D eigenvalue weighted by atomic mass is 9.75. The lowest BCUT2D eigenvalue weighted by molar-refractivity contribution is 0.0751. The zero-order valence-corrected chi connectivity index (χ0v) is 19.2. The second kappa shape index (κ2) is 13.6. The molecule has 0 saturated heterocycles. The number of nitrogens with two attached hydrogens (primary N) is 2. The van der Waals surface area contributed by atoms with Gasteiger partial charge in [-0.2, -0.15) is 0 Å². The fourth-order valence-corrected chi connectivity index (χ4v) is 4.15. The summed E-state index contributed by atoms with van der Waals surface area (Å²) >= 11 is 6.46. The maximum Gasteiger partial charge on any atom is 0.137 e. The van der Waals surface area contributed by atoms with Crippen LogP contribution in [0.15, 0.2) is 60.7 Å². The highest BCUT2D eigenvalue weighted by Crippen LogP contribution is 2.42. The van der Waals surface area contributed by atoms with Crippen LogP contribution in [0, 0.1) is 5.92 Å². The SMILES string of the molecule is CC.CCC1C=CC(O)C(F)C1c1cc(C(CN)c2ccccc2)ccc1Cl.CN. The van der Waals surface area contributed by atoms with Gasteiger partial charge < -0.3 is 16.6 Å². The molecule has 2 aromatic rings. The Kier molecular flexibility index (Phi) is 11.9. The molecule has 0 spiro atoms. The highest BCUT2D eigenvalue weighted by Gasteiger charge is 2.37. The van der Waals surface area contributed by atoms with Gasteiger partial charge in [0.15, 0.2) is 0 Å². The van der Waals surface area contributed by atoms with Crippen molar-refractivity contribution in [2.24, 2.45) is 17.4 Å². The van der Waals surface area contributed by atoms with Crippen molar-refractivity contribution >= 4 is 11.6 Å². The summed E-state index contributed by atoms with van der Waals surface area (Å²) in [6, 6.07) is 15.8. The molecule has 0 heterocycles. The first-order valence-corrected chi connectivity index (χ1v) is 11.1. The van der Waals surface area contributed by atoms with Gasteiger partial charge in [0.05, 0.1) is 0 Å². The molecule has 0 aromatic heterocycles. The van der Waals surface area contributed by atoms with Gasteiger partial charge in [-0.05, 0) is 42.1 Å². The molecule has 3 rings (SSSR count). The first kappa shape index (κ1) is 26.3. The Morgan fingerprint density at radius 3 is 2.23 bits per heavy atom. The standard InChI is InChI=1S/C22H25ClFNO.C2H6.CH5N/c1-2-14-9-11-20(26)22(24)21(14)17-12-16(8-10-19(17)23)18(13-25)15-6-4-3-5-7-15;2*1-2/h3-12,14,18,20-22,26H,2,13,25H2,1H3;1-2H3;2H2,1H3. The summed E-state index contributed by atoms with van der Waals surface area (Å²) in [6.45, 7) is 6.48. The number of benzene rings is 2. The highest BCUT2D eigenvalue weighted by molar-refractivity contribution is 6.31. The van der Waals surface area contributed by atoms with E-state index in [1.54, 1.807) is 6.08 Å². The van der Waals surface area contributed by atoms with Crippen LogP contribution in [0.5, 0.6) is 0 Å². The van der Waals surface area contributed by atoms with Crippen molar-refractivity contribution in [2.45, 2.75) is 51.3 Å². The Balaban J connectivity index is 0.00000106. The Labute approximate surface area is 185 Å². The molecule has 5 heteroatoms. The average molecular weight is 435 g/mol. The van der Waals surface area contributed by atoms with Crippen molar-refractivity contribution in [2.75, 3.05) is 13.6 Å². The third-order valence-corrected chi connectivity index (χ3v) is 5.72. The molecular weight excluding hydrogens is 399 g/mol. The summed E-state index contributed by atoms with van der Waals surface area (Å²) in [7, 11) is 1.50. The van der Waals surface area contributed by atoms with Gasteiger partial charge in [-0.15, -0.1) is 0 Å². The molecule has 0 amide bonds. The van der Waals surface area contributed by atoms with Crippen molar-refractivity contribution in [1.29, 1.82) is 0 Å². The van der Waals surface area contributed by atoms with Gasteiger partial charge in [0, 0.05) is 23.4 Å². The van der Waals surface area contributed by atoms with Crippen LogP contribution in [-0.4, -0.2) is 31.0 Å². The van der Waals surface area contributed by atoms with E-state index in [9.17, 15) is 9.50 Å². The molecule has 2 aromatic carbocycles. The highest BCUT2D eigenvalue weighted by atomic mass is 35.5. The molecule has 0 radical (unpaired) electrons. The molecule has 0 aliphatic heterocycles. The summed E-state index contributed by atoms with van der Waals surface area (Å²) in [5.41, 5.74) is 13.4. The molecule has 3 nitrogen and oxygen atoms in total. The molecular formula is C25H36ClFN2O. The normalized spacial score (nSPS) is 23.5. The topological polar surface area (TPSA) is 72.3 Å². The fraction of sp³-hybridized carbons (Fsp3) is 0.440. The zero-order chi connectivity index (χ0) is 22.7. The van der Waals surface area contributed by atoms with Crippen molar-refractivity contribution in [3.8, 4) is 0 Å². The van der Waals surface area contributed by atoms with Gasteiger partial charge in [-0.1, -0.05) is 87.0 Å². The Morgan fingerprint density at radius 2 is 1.67 bits per heavy atom. The van der Waals surface area contributed by atoms with Gasteiger partial charge in [0.2, 0.25) is 0 Å². The number of aliphatic hydroxyl groups excluding tert-OH is 1. The Hall–Kier alpha value is -1.72. The molecule has 0 fully saturated rings. The molecule has 5 N–H and O–H groups in total. The minimum absolute atomic E-state index is 0.00852. The van der Waals surface area contributed by atoms with Gasteiger partial charge in [0.25, 0.3) is 0 Å². The lowest BCUT2D eigenvalue weighted by Crippen LogP contribution is -2.34. The third kappa shape index (κ3) is 6.14. The van der Waals surface area contributed by atoms with E-state index in [0.717, 1.165) is 23.1 Å². The summed E-state index contributed by atoms with van der Waals surface area (Å²) in [5.74, 6) is -0.426. The second-order valence-electron chi connectivity index (χ2n) is 6.90. The number of aliphatic hydroxyl groups is 1. The van der Waals surface area contributed by atoms with E-state index >= 15 is 0 Å². The molecule has 0 bridgehead atoms. The van der Waals surface area contributed by atoms with Gasteiger partial charge in [-0.25, -0.2) is 4.39 Å². The predicted octanol–water partition coefficient (Wildman–Crippen LogP) is 5.41. The summed E-state index contributed by atoms with van der Waals surface area (Å²) in [5, 5.41) is 10.5.